The highest BCUT2D eigenvalue weighted by Gasteiger charge is 2.22. The lowest BCUT2D eigenvalue weighted by molar-refractivity contribution is 0.141. The summed E-state index contributed by atoms with van der Waals surface area (Å²) >= 11 is 0. The summed E-state index contributed by atoms with van der Waals surface area (Å²) in [6.07, 6.45) is 0.290. The molecule has 2 unspecified atom stereocenters. The topological polar surface area (TPSA) is 59.2 Å². The average molecular weight is 232 g/mol. The minimum Gasteiger partial charge on any atom is -0.393 e. The normalized spacial score (nSPS) is 14.5. The van der Waals surface area contributed by atoms with Gasteiger partial charge in [-0.05, 0) is 13.3 Å². The molecule has 0 spiro atoms. The number of hydrogen-bond acceptors (Lipinski definition) is 4. The maximum atomic E-state index is 9.62. The molecular formula is C13H16N2O2. The van der Waals surface area contributed by atoms with Gasteiger partial charge in [-0.3, -0.25) is 0 Å². The Kier molecular flexibility index (Phi) is 3.54. The molecule has 90 valence electrons. The van der Waals surface area contributed by atoms with Gasteiger partial charge in [0.2, 0.25) is 11.7 Å². The zero-order valence-corrected chi connectivity index (χ0v) is 10.00. The minimum atomic E-state index is -0.482. The van der Waals surface area contributed by atoms with Crippen LogP contribution in [0.5, 0.6) is 0 Å². The van der Waals surface area contributed by atoms with E-state index >= 15 is 0 Å². The third-order valence-electron chi connectivity index (χ3n) is 2.81. The molecule has 0 bridgehead atoms. The van der Waals surface area contributed by atoms with Crippen LogP contribution in [0.1, 0.15) is 32.1 Å². The van der Waals surface area contributed by atoms with Crippen molar-refractivity contribution in [3.05, 3.63) is 36.2 Å². The molecule has 4 heteroatoms. The summed E-state index contributed by atoms with van der Waals surface area (Å²) in [7, 11) is 0. The molecule has 0 aliphatic heterocycles. The number of aliphatic hydroxyl groups is 1. The van der Waals surface area contributed by atoms with Crippen molar-refractivity contribution in [2.75, 3.05) is 0 Å². The van der Waals surface area contributed by atoms with Crippen LogP contribution in [0.15, 0.2) is 34.9 Å². The summed E-state index contributed by atoms with van der Waals surface area (Å²) in [5, 5.41) is 13.6. The summed E-state index contributed by atoms with van der Waals surface area (Å²) in [6, 6.07) is 9.65. The Morgan fingerprint density at radius 1 is 1.29 bits per heavy atom. The van der Waals surface area contributed by atoms with Crippen molar-refractivity contribution in [3.63, 3.8) is 0 Å². The van der Waals surface area contributed by atoms with Crippen LogP contribution in [-0.4, -0.2) is 21.4 Å². The van der Waals surface area contributed by atoms with Crippen molar-refractivity contribution in [3.8, 4) is 11.4 Å². The second kappa shape index (κ2) is 5.10. The summed E-state index contributed by atoms with van der Waals surface area (Å²) in [5.74, 6) is 0.973. The molecule has 1 heterocycles. The molecule has 4 nitrogen and oxygen atoms in total. The van der Waals surface area contributed by atoms with Gasteiger partial charge in [0.05, 0.1) is 12.0 Å². The van der Waals surface area contributed by atoms with Crippen LogP contribution in [0.3, 0.4) is 0 Å². The van der Waals surface area contributed by atoms with Crippen LogP contribution in [0.2, 0.25) is 0 Å². The fourth-order valence-electron chi connectivity index (χ4n) is 1.81. The first-order valence-electron chi connectivity index (χ1n) is 5.79. The highest BCUT2D eigenvalue weighted by atomic mass is 16.5. The fourth-order valence-corrected chi connectivity index (χ4v) is 1.81. The first kappa shape index (κ1) is 11.8. The van der Waals surface area contributed by atoms with Gasteiger partial charge in [0.25, 0.3) is 0 Å². The van der Waals surface area contributed by atoms with Crippen LogP contribution in [0, 0.1) is 0 Å². The van der Waals surface area contributed by atoms with Gasteiger partial charge in [0, 0.05) is 5.56 Å². The molecule has 0 fully saturated rings. The van der Waals surface area contributed by atoms with Gasteiger partial charge < -0.3 is 9.63 Å². The standard InChI is InChI=1S/C13H16N2O2/c1-3-11(9(2)16)13-14-12(15-17-13)10-7-5-4-6-8-10/h4-9,11,16H,3H2,1-2H3. The largest absolute Gasteiger partial charge is 0.393 e. The summed E-state index contributed by atoms with van der Waals surface area (Å²) in [6.45, 7) is 3.73. The van der Waals surface area contributed by atoms with Crippen LogP contribution in [-0.2, 0) is 0 Å². The van der Waals surface area contributed by atoms with Crippen LogP contribution < -0.4 is 0 Å². The lowest BCUT2D eigenvalue weighted by Gasteiger charge is -2.12. The monoisotopic (exact) mass is 232 g/mol. The molecule has 0 saturated heterocycles. The molecule has 2 aromatic rings. The molecule has 0 aliphatic rings. The van der Waals surface area contributed by atoms with Gasteiger partial charge in [-0.15, -0.1) is 0 Å². The van der Waals surface area contributed by atoms with E-state index in [0.29, 0.717) is 11.7 Å². The Labute approximate surface area is 100 Å². The summed E-state index contributed by atoms with van der Waals surface area (Å²) in [4.78, 5) is 4.34. The second-order valence-electron chi connectivity index (χ2n) is 4.08. The first-order chi connectivity index (χ1) is 8.22. The van der Waals surface area contributed by atoms with Crippen LogP contribution in [0.4, 0.5) is 0 Å². The van der Waals surface area contributed by atoms with Gasteiger partial charge in [-0.1, -0.05) is 42.4 Å². The number of aliphatic hydroxyl groups excluding tert-OH is 1. The maximum Gasteiger partial charge on any atom is 0.232 e. The van der Waals surface area contributed by atoms with Crippen molar-refractivity contribution in [2.45, 2.75) is 32.3 Å². The molecule has 0 radical (unpaired) electrons. The summed E-state index contributed by atoms with van der Waals surface area (Å²) in [5.41, 5.74) is 0.919. The summed E-state index contributed by atoms with van der Waals surface area (Å²) < 4.78 is 5.21. The Bertz CT molecular complexity index is 465. The van der Waals surface area contributed by atoms with Crippen LogP contribution >= 0.6 is 0 Å². The quantitative estimate of drug-likeness (QED) is 0.880. The Morgan fingerprint density at radius 2 is 2.00 bits per heavy atom. The smallest absolute Gasteiger partial charge is 0.232 e. The molecule has 2 atom stereocenters. The van der Waals surface area contributed by atoms with E-state index in [1.54, 1.807) is 6.92 Å². The molecule has 0 amide bonds. The van der Waals surface area contributed by atoms with E-state index < -0.39 is 6.10 Å². The zero-order valence-electron chi connectivity index (χ0n) is 10.00. The molecule has 2 rings (SSSR count). The van der Waals surface area contributed by atoms with E-state index in [0.717, 1.165) is 12.0 Å². The maximum absolute atomic E-state index is 9.62. The van der Waals surface area contributed by atoms with E-state index in [1.165, 1.54) is 0 Å². The Balaban J connectivity index is 2.27. The number of aromatic nitrogens is 2. The SMILES string of the molecule is CCC(c1nc(-c2ccccc2)no1)C(C)O. The third kappa shape index (κ3) is 2.53. The lowest BCUT2D eigenvalue weighted by Crippen LogP contribution is -2.13. The molecular weight excluding hydrogens is 216 g/mol. The van der Waals surface area contributed by atoms with Crippen molar-refractivity contribution < 1.29 is 9.63 Å². The number of nitrogens with zero attached hydrogens (tertiary/aromatic N) is 2. The van der Waals surface area contributed by atoms with E-state index in [1.807, 2.05) is 37.3 Å². The molecule has 1 N–H and O–H groups in total. The van der Waals surface area contributed by atoms with E-state index in [9.17, 15) is 5.11 Å². The van der Waals surface area contributed by atoms with E-state index in [-0.39, 0.29) is 5.92 Å². The van der Waals surface area contributed by atoms with Crippen molar-refractivity contribution in [1.29, 1.82) is 0 Å². The zero-order chi connectivity index (χ0) is 12.3. The van der Waals surface area contributed by atoms with Gasteiger partial charge in [0.15, 0.2) is 0 Å². The third-order valence-corrected chi connectivity index (χ3v) is 2.81. The molecule has 0 saturated carbocycles. The van der Waals surface area contributed by atoms with E-state index in [2.05, 4.69) is 10.1 Å². The Morgan fingerprint density at radius 3 is 2.59 bits per heavy atom. The molecule has 1 aromatic heterocycles. The molecule has 1 aromatic carbocycles. The van der Waals surface area contributed by atoms with Gasteiger partial charge >= 0.3 is 0 Å². The average Bonchev–Trinajstić information content (AvgIpc) is 2.80. The molecule has 17 heavy (non-hydrogen) atoms. The fraction of sp³-hybridized carbons (Fsp3) is 0.385. The first-order valence-corrected chi connectivity index (χ1v) is 5.79. The van der Waals surface area contributed by atoms with Crippen molar-refractivity contribution in [2.24, 2.45) is 0 Å². The lowest BCUT2D eigenvalue weighted by atomic mass is 10.0. The van der Waals surface area contributed by atoms with Crippen LogP contribution in [0.25, 0.3) is 11.4 Å². The van der Waals surface area contributed by atoms with Crippen molar-refractivity contribution in [1.82, 2.24) is 10.1 Å². The molecule has 0 aliphatic carbocycles. The van der Waals surface area contributed by atoms with E-state index in [4.69, 9.17) is 4.52 Å². The number of rotatable bonds is 4. The number of benzene rings is 1. The predicted octanol–water partition coefficient (Wildman–Crippen LogP) is 2.61. The van der Waals surface area contributed by atoms with Crippen molar-refractivity contribution >= 4 is 0 Å². The van der Waals surface area contributed by atoms with Gasteiger partial charge in [-0.2, -0.15) is 4.98 Å². The minimum absolute atomic E-state index is 0.0973. The van der Waals surface area contributed by atoms with Gasteiger partial charge in [-0.25, -0.2) is 0 Å². The highest BCUT2D eigenvalue weighted by molar-refractivity contribution is 5.53. The highest BCUT2D eigenvalue weighted by Crippen LogP contribution is 2.24. The van der Waals surface area contributed by atoms with Gasteiger partial charge in [0.1, 0.15) is 0 Å². The number of hydrogen-bond donors (Lipinski definition) is 1. The predicted molar refractivity (Wildman–Crippen MR) is 64.4 cm³/mol. The second-order valence-corrected chi connectivity index (χ2v) is 4.08. The Hall–Kier alpha value is -1.68.